The number of rotatable bonds is 1. The number of H-pyrrole nitrogens is 1. The maximum Gasteiger partial charge on any atom is 0.217 e. The van der Waals surface area contributed by atoms with Crippen LogP contribution in [0.3, 0.4) is 0 Å². The number of nitrogens with zero attached hydrogens (tertiary/aromatic N) is 2. The summed E-state index contributed by atoms with van der Waals surface area (Å²) in [6, 6.07) is 3.72. The Kier molecular flexibility index (Phi) is 1.23. The Morgan fingerprint density at radius 1 is 1.55 bits per heavy atom. The molecule has 5 heteroatoms. The van der Waals surface area contributed by atoms with Gasteiger partial charge in [-0.25, -0.2) is 10.8 Å². The Morgan fingerprint density at radius 2 is 2.45 bits per heavy atom. The van der Waals surface area contributed by atoms with Crippen molar-refractivity contribution in [3.05, 3.63) is 18.3 Å². The fourth-order valence-corrected chi connectivity index (χ4v) is 0.913. The fourth-order valence-electron chi connectivity index (χ4n) is 0.913. The Labute approximate surface area is 62.6 Å². The molecular weight excluding hydrogens is 142 g/mol. The first-order valence-corrected chi connectivity index (χ1v) is 3.17. The number of anilines is 1. The van der Waals surface area contributed by atoms with Gasteiger partial charge in [0.2, 0.25) is 5.95 Å². The topological polar surface area (TPSA) is 79.6 Å². The highest BCUT2D eigenvalue weighted by atomic mass is 15.3. The molecule has 5 nitrogen and oxygen atoms in total. The van der Waals surface area contributed by atoms with E-state index in [1.807, 2.05) is 12.1 Å². The van der Waals surface area contributed by atoms with Crippen LogP contribution in [0.1, 0.15) is 0 Å². The van der Waals surface area contributed by atoms with Crippen molar-refractivity contribution in [1.29, 1.82) is 0 Å². The largest absolute Gasteiger partial charge is 0.322 e. The summed E-state index contributed by atoms with van der Waals surface area (Å²) < 4.78 is 0. The summed E-state index contributed by atoms with van der Waals surface area (Å²) in [5.41, 5.74) is 3.95. The molecule has 2 aromatic rings. The summed E-state index contributed by atoms with van der Waals surface area (Å²) in [5, 5.41) is 0. The number of aromatic amines is 1. The van der Waals surface area contributed by atoms with Gasteiger partial charge in [0.15, 0.2) is 5.65 Å². The molecule has 0 amide bonds. The van der Waals surface area contributed by atoms with Crippen molar-refractivity contribution < 1.29 is 0 Å². The average molecular weight is 149 g/mol. The van der Waals surface area contributed by atoms with Gasteiger partial charge in [-0.2, -0.15) is 4.98 Å². The molecule has 56 valence electrons. The van der Waals surface area contributed by atoms with E-state index in [-0.39, 0.29) is 0 Å². The molecule has 0 saturated heterocycles. The Balaban J connectivity index is 2.69. The summed E-state index contributed by atoms with van der Waals surface area (Å²) in [6.07, 6.45) is 1.68. The minimum atomic E-state index is 0.527. The normalized spacial score (nSPS) is 10.3. The van der Waals surface area contributed by atoms with Gasteiger partial charge in [-0.15, -0.1) is 0 Å². The van der Waals surface area contributed by atoms with Gasteiger partial charge in [-0.1, -0.05) is 0 Å². The number of aromatic nitrogens is 3. The molecule has 0 bridgehead atoms. The van der Waals surface area contributed by atoms with Gasteiger partial charge < -0.3 is 4.98 Å². The van der Waals surface area contributed by atoms with Gasteiger partial charge in [0.05, 0.1) is 5.52 Å². The van der Waals surface area contributed by atoms with E-state index in [0.717, 1.165) is 5.52 Å². The van der Waals surface area contributed by atoms with Crippen molar-refractivity contribution in [3.8, 4) is 0 Å². The van der Waals surface area contributed by atoms with Gasteiger partial charge in [0.1, 0.15) is 0 Å². The van der Waals surface area contributed by atoms with Crippen molar-refractivity contribution in [3.63, 3.8) is 0 Å². The number of hydrazine groups is 1. The zero-order valence-electron chi connectivity index (χ0n) is 5.70. The fraction of sp³-hybridized carbons (Fsp3) is 0. The highest BCUT2D eigenvalue weighted by Gasteiger charge is 1.98. The van der Waals surface area contributed by atoms with E-state index in [1.54, 1.807) is 6.20 Å². The molecule has 0 fully saturated rings. The molecule has 0 aliphatic rings. The summed E-state index contributed by atoms with van der Waals surface area (Å²) >= 11 is 0. The first-order chi connectivity index (χ1) is 5.40. The third-order valence-corrected chi connectivity index (χ3v) is 1.39. The number of nitrogen functional groups attached to an aromatic ring is 1. The molecule has 0 aromatic carbocycles. The SMILES string of the molecule is NNc1nc2ncccc2[nH]1. The summed E-state index contributed by atoms with van der Waals surface area (Å²) in [4.78, 5) is 11.0. The highest BCUT2D eigenvalue weighted by molar-refractivity contribution is 5.72. The maximum atomic E-state index is 5.14. The lowest BCUT2D eigenvalue weighted by atomic mass is 10.4. The zero-order chi connectivity index (χ0) is 7.68. The zero-order valence-corrected chi connectivity index (χ0v) is 5.70. The predicted molar refractivity (Wildman–Crippen MR) is 41.7 cm³/mol. The van der Waals surface area contributed by atoms with Crippen LogP contribution in [0, 0.1) is 0 Å². The van der Waals surface area contributed by atoms with Gasteiger partial charge >= 0.3 is 0 Å². The van der Waals surface area contributed by atoms with Crippen LogP contribution in [-0.4, -0.2) is 15.0 Å². The molecule has 0 aliphatic carbocycles. The number of imidazole rings is 1. The summed E-state index contributed by atoms with van der Waals surface area (Å²) in [5.74, 6) is 5.67. The Bertz CT molecular complexity index is 333. The molecule has 11 heavy (non-hydrogen) atoms. The number of nitrogens with one attached hydrogen (secondary N) is 2. The molecule has 2 heterocycles. The van der Waals surface area contributed by atoms with Crippen LogP contribution < -0.4 is 11.3 Å². The van der Waals surface area contributed by atoms with Crippen molar-refractivity contribution in [2.75, 3.05) is 5.43 Å². The minimum Gasteiger partial charge on any atom is -0.322 e. The van der Waals surface area contributed by atoms with Crippen LogP contribution in [0.5, 0.6) is 0 Å². The maximum absolute atomic E-state index is 5.14. The molecule has 0 unspecified atom stereocenters. The van der Waals surface area contributed by atoms with Crippen molar-refractivity contribution in [2.24, 2.45) is 5.84 Å². The number of pyridine rings is 1. The molecule has 0 spiro atoms. The third kappa shape index (κ3) is 0.908. The van der Waals surface area contributed by atoms with Crippen LogP contribution in [-0.2, 0) is 0 Å². The van der Waals surface area contributed by atoms with E-state index in [1.165, 1.54) is 0 Å². The average Bonchev–Trinajstić information content (AvgIpc) is 2.46. The molecular formula is C6H7N5. The van der Waals surface area contributed by atoms with Crippen LogP contribution in [0.4, 0.5) is 5.95 Å². The number of hydrogen-bond donors (Lipinski definition) is 3. The second-order valence-electron chi connectivity index (χ2n) is 2.10. The minimum absolute atomic E-state index is 0.527. The van der Waals surface area contributed by atoms with E-state index in [0.29, 0.717) is 11.6 Å². The van der Waals surface area contributed by atoms with Gasteiger partial charge in [-0.3, -0.25) is 5.43 Å². The van der Waals surface area contributed by atoms with E-state index in [2.05, 4.69) is 20.4 Å². The molecule has 0 aliphatic heterocycles. The van der Waals surface area contributed by atoms with Crippen molar-refractivity contribution in [2.45, 2.75) is 0 Å². The van der Waals surface area contributed by atoms with E-state index in [4.69, 9.17) is 5.84 Å². The molecule has 0 saturated carbocycles. The quantitative estimate of drug-likeness (QED) is 0.401. The highest BCUT2D eigenvalue weighted by Crippen LogP contribution is 2.08. The van der Waals surface area contributed by atoms with Crippen LogP contribution >= 0.6 is 0 Å². The van der Waals surface area contributed by atoms with E-state index in [9.17, 15) is 0 Å². The molecule has 0 radical (unpaired) electrons. The first kappa shape index (κ1) is 6.11. The van der Waals surface area contributed by atoms with E-state index < -0.39 is 0 Å². The van der Waals surface area contributed by atoms with Crippen LogP contribution in [0.15, 0.2) is 18.3 Å². The standard InChI is InChI=1S/C6H7N5/c7-11-6-9-4-2-1-3-8-5(4)10-6/h1-3H,7H2,(H2,8,9,10,11). The number of hydrogen-bond acceptors (Lipinski definition) is 4. The summed E-state index contributed by atoms with van der Waals surface area (Å²) in [6.45, 7) is 0. The number of fused-ring (bicyclic) bond motifs is 1. The Hall–Kier alpha value is -1.62. The molecule has 2 aromatic heterocycles. The Morgan fingerprint density at radius 3 is 3.18 bits per heavy atom. The summed E-state index contributed by atoms with van der Waals surface area (Å²) in [7, 11) is 0. The van der Waals surface area contributed by atoms with Crippen LogP contribution in [0.2, 0.25) is 0 Å². The lowest BCUT2D eigenvalue weighted by Crippen LogP contribution is -2.07. The van der Waals surface area contributed by atoms with Crippen molar-refractivity contribution >= 4 is 17.1 Å². The lowest BCUT2D eigenvalue weighted by molar-refractivity contribution is 1.20. The lowest BCUT2D eigenvalue weighted by Gasteiger charge is -1.86. The predicted octanol–water partition coefficient (Wildman–Crippen LogP) is 0.243. The first-order valence-electron chi connectivity index (χ1n) is 3.17. The monoisotopic (exact) mass is 149 g/mol. The molecule has 4 N–H and O–H groups in total. The van der Waals surface area contributed by atoms with Gasteiger partial charge in [0, 0.05) is 6.20 Å². The van der Waals surface area contributed by atoms with Gasteiger partial charge in [-0.05, 0) is 12.1 Å². The van der Waals surface area contributed by atoms with Gasteiger partial charge in [0.25, 0.3) is 0 Å². The smallest absolute Gasteiger partial charge is 0.217 e. The second kappa shape index (κ2) is 2.21. The molecule has 0 atom stereocenters. The third-order valence-electron chi connectivity index (χ3n) is 1.39. The van der Waals surface area contributed by atoms with E-state index >= 15 is 0 Å². The van der Waals surface area contributed by atoms with Crippen molar-refractivity contribution in [1.82, 2.24) is 15.0 Å². The molecule has 2 rings (SSSR count). The second-order valence-corrected chi connectivity index (χ2v) is 2.10. The van der Waals surface area contributed by atoms with Crippen LogP contribution in [0.25, 0.3) is 11.2 Å². The number of nitrogens with two attached hydrogens (primary N) is 1.